The van der Waals surface area contributed by atoms with E-state index in [2.05, 4.69) is 0 Å². The van der Waals surface area contributed by atoms with Crippen LogP contribution in [0.4, 0.5) is 0 Å². The van der Waals surface area contributed by atoms with E-state index in [1.165, 1.54) is 34.6 Å². The summed E-state index contributed by atoms with van der Waals surface area (Å²) >= 11 is 1.51. The maximum atomic E-state index is 12.1. The van der Waals surface area contributed by atoms with Crippen LogP contribution in [0.2, 0.25) is 0 Å². The quantitative estimate of drug-likeness (QED) is 0.633. The molecule has 4 heteroatoms. The Bertz CT molecular complexity index is 674. The van der Waals surface area contributed by atoms with Gasteiger partial charge in [0.25, 0.3) is 0 Å². The zero-order valence-corrected chi connectivity index (χ0v) is 13.4. The molecule has 0 saturated heterocycles. The van der Waals surface area contributed by atoms with E-state index in [9.17, 15) is 9.59 Å². The van der Waals surface area contributed by atoms with Crippen LogP contribution < -0.4 is 0 Å². The average Bonchev–Trinajstić information content (AvgIpc) is 2.97. The number of aryl methyl sites for hydroxylation is 3. The molecule has 0 unspecified atom stereocenters. The zero-order valence-electron chi connectivity index (χ0n) is 12.6. The fourth-order valence-corrected chi connectivity index (χ4v) is 3.76. The Kier molecular flexibility index (Phi) is 4.39. The van der Waals surface area contributed by atoms with Crippen molar-refractivity contribution in [2.75, 3.05) is 6.61 Å². The number of Topliss-reactive ketones (excluding diaryl/α,β-unsaturated/α-hetero) is 1. The number of benzene rings is 1. The zero-order chi connectivity index (χ0) is 15.5. The Hall–Kier alpha value is -1.94. The molecule has 0 saturated carbocycles. The number of thiophene rings is 1. The molecule has 0 aliphatic heterocycles. The number of esters is 1. The fraction of sp³-hybridized carbons (Fsp3) is 0.333. The molecule has 0 atom stereocenters. The molecular weight excluding hydrogens is 296 g/mol. The molecule has 1 aromatic carbocycles. The van der Waals surface area contributed by atoms with Crippen LogP contribution in [0.5, 0.6) is 0 Å². The van der Waals surface area contributed by atoms with Crippen molar-refractivity contribution in [2.45, 2.75) is 32.6 Å². The van der Waals surface area contributed by atoms with Gasteiger partial charge in [0.1, 0.15) is 4.88 Å². The molecule has 0 radical (unpaired) electrons. The van der Waals surface area contributed by atoms with Gasteiger partial charge in [-0.05, 0) is 44.2 Å². The molecule has 0 N–H and O–H groups in total. The molecule has 22 heavy (non-hydrogen) atoms. The van der Waals surface area contributed by atoms with Crippen molar-refractivity contribution >= 4 is 23.1 Å². The first-order valence-corrected chi connectivity index (χ1v) is 8.34. The summed E-state index contributed by atoms with van der Waals surface area (Å²) in [7, 11) is 0. The van der Waals surface area contributed by atoms with Gasteiger partial charge in [-0.1, -0.05) is 29.8 Å². The molecule has 1 aromatic heterocycles. The van der Waals surface area contributed by atoms with E-state index in [1.807, 2.05) is 25.1 Å². The normalized spacial score (nSPS) is 13.5. The molecule has 1 aliphatic carbocycles. The lowest BCUT2D eigenvalue weighted by Crippen LogP contribution is -2.13. The molecule has 1 heterocycles. The second kappa shape index (κ2) is 6.44. The fourth-order valence-electron chi connectivity index (χ4n) is 2.62. The van der Waals surface area contributed by atoms with Gasteiger partial charge >= 0.3 is 5.97 Å². The minimum Gasteiger partial charge on any atom is -0.453 e. The second-order valence-corrected chi connectivity index (χ2v) is 6.77. The number of carbonyl (C=O) groups excluding carboxylic acids is 2. The highest BCUT2D eigenvalue weighted by Gasteiger charge is 2.19. The van der Waals surface area contributed by atoms with Crippen molar-refractivity contribution in [3.63, 3.8) is 0 Å². The van der Waals surface area contributed by atoms with Gasteiger partial charge in [0.05, 0.1) is 0 Å². The van der Waals surface area contributed by atoms with Crippen molar-refractivity contribution < 1.29 is 14.3 Å². The van der Waals surface area contributed by atoms with Gasteiger partial charge in [0.15, 0.2) is 12.4 Å². The minimum atomic E-state index is -0.389. The largest absolute Gasteiger partial charge is 0.453 e. The monoisotopic (exact) mass is 314 g/mol. The minimum absolute atomic E-state index is 0.172. The average molecular weight is 314 g/mol. The molecule has 1 aliphatic rings. The Balaban J connectivity index is 1.61. The SMILES string of the molecule is Cc1ccc(C(=O)COC(=O)c2cc3c(s2)CCCC3)cc1. The number of ether oxygens (including phenoxy) is 1. The second-order valence-electron chi connectivity index (χ2n) is 5.63. The van der Waals surface area contributed by atoms with E-state index >= 15 is 0 Å². The van der Waals surface area contributed by atoms with Crippen LogP contribution in [0, 0.1) is 6.92 Å². The van der Waals surface area contributed by atoms with Gasteiger partial charge in [-0.25, -0.2) is 4.79 Å². The first kappa shape index (κ1) is 15.0. The van der Waals surface area contributed by atoms with Crippen LogP contribution in [-0.2, 0) is 17.6 Å². The lowest BCUT2D eigenvalue weighted by atomic mass is 9.99. The predicted molar refractivity (Wildman–Crippen MR) is 86.8 cm³/mol. The van der Waals surface area contributed by atoms with Crippen molar-refractivity contribution in [1.29, 1.82) is 0 Å². The Morgan fingerprint density at radius 3 is 2.59 bits per heavy atom. The summed E-state index contributed by atoms with van der Waals surface area (Å²) in [5.74, 6) is -0.561. The molecule has 0 fully saturated rings. The number of fused-ring (bicyclic) bond motifs is 1. The molecule has 2 aromatic rings. The number of carbonyl (C=O) groups is 2. The first-order chi connectivity index (χ1) is 10.6. The lowest BCUT2D eigenvalue weighted by Gasteiger charge is -2.08. The third-order valence-electron chi connectivity index (χ3n) is 3.91. The van der Waals surface area contributed by atoms with Crippen molar-refractivity contribution in [3.8, 4) is 0 Å². The third kappa shape index (κ3) is 3.28. The van der Waals surface area contributed by atoms with Gasteiger partial charge in [-0.3, -0.25) is 4.79 Å². The first-order valence-electron chi connectivity index (χ1n) is 7.52. The highest BCUT2D eigenvalue weighted by Crippen LogP contribution is 2.30. The third-order valence-corrected chi connectivity index (χ3v) is 5.12. The van der Waals surface area contributed by atoms with Gasteiger partial charge in [0, 0.05) is 10.4 Å². The summed E-state index contributed by atoms with van der Waals surface area (Å²) in [5, 5.41) is 0. The summed E-state index contributed by atoms with van der Waals surface area (Å²) in [6.07, 6.45) is 4.47. The molecule has 3 nitrogen and oxygen atoms in total. The van der Waals surface area contributed by atoms with Crippen LogP contribution in [0.1, 0.15) is 48.9 Å². The van der Waals surface area contributed by atoms with Crippen molar-refractivity contribution in [1.82, 2.24) is 0 Å². The number of hydrogen-bond acceptors (Lipinski definition) is 4. The lowest BCUT2D eigenvalue weighted by molar-refractivity contribution is 0.0479. The van der Waals surface area contributed by atoms with E-state index in [1.54, 1.807) is 12.1 Å². The van der Waals surface area contributed by atoms with Gasteiger partial charge in [-0.2, -0.15) is 0 Å². The highest BCUT2D eigenvalue weighted by molar-refractivity contribution is 7.14. The van der Waals surface area contributed by atoms with Gasteiger partial charge in [0.2, 0.25) is 0 Å². The molecule has 0 spiro atoms. The summed E-state index contributed by atoms with van der Waals surface area (Å²) in [5.41, 5.74) is 2.94. The highest BCUT2D eigenvalue weighted by atomic mass is 32.1. The summed E-state index contributed by atoms with van der Waals surface area (Å²) in [6, 6.07) is 9.20. The van der Waals surface area contributed by atoms with Crippen LogP contribution in [0.25, 0.3) is 0 Å². The van der Waals surface area contributed by atoms with E-state index in [0.717, 1.165) is 18.4 Å². The van der Waals surface area contributed by atoms with E-state index in [0.29, 0.717) is 10.4 Å². The summed E-state index contributed by atoms with van der Waals surface area (Å²) < 4.78 is 5.17. The Morgan fingerprint density at radius 1 is 1.14 bits per heavy atom. The Morgan fingerprint density at radius 2 is 1.86 bits per heavy atom. The Labute approximate surface area is 133 Å². The smallest absolute Gasteiger partial charge is 0.348 e. The van der Waals surface area contributed by atoms with Crippen LogP contribution in [-0.4, -0.2) is 18.4 Å². The maximum absolute atomic E-state index is 12.1. The maximum Gasteiger partial charge on any atom is 0.348 e. The molecule has 3 rings (SSSR count). The summed E-state index contributed by atoms with van der Waals surface area (Å²) in [4.78, 5) is 26.0. The predicted octanol–water partition coefficient (Wildman–Crippen LogP) is 3.98. The van der Waals surface area contributed by atoms with E-state index in [4.69, 9.17) is 4.74 Å². The van der Waals surface area contributed by atoms with E-state index < -0.39 is 0 Å². The van der Waals surface area contributed by atoms with Crippen LogP contribution in [0.3, 0.4) is 0 Å². The number of ketones is 1. The van der Waals surface area contributed by atoms with E-state index in [-0.39, 0.29) is 18.4 Å². The molecule has 0 bridgehead atoms. The molecular formula is C18H18O3S. The standard InChI is InChI=1S/C18H18O3S/c1-12-6-8-13(9-7-12)15(19)11-21-18(20)17-10-14-4-2-3-5-16(14)22-17/h6-10H,2-5,11H2,1H3. The molecule has 0 amide bonds. The van der Waals surface area contributed by atoms with Gasteiger partial charge < -0.3 is 4.74 Å². The number of rotatable bonds is 4. The van der Waals surface area contributed by atoms with Crippen LogP contribution in [0.15, 0.2) is 30.3 Å². The molecule has 114 valence electrons. The van der Waals surface area contributed by atoms with Crippen molar-refractivity contribution in [2.24, 2.45) is 0 Å². The number of hydrogen-bond donors (Lipinski definition) is 0. The summed E-state index contributed by atoms with van der Waals surface area (Å²) in [6.45, 7) is 1.76. The van der Waals surface area contributed by atoms with Crippen LogP contribution >= 0.6 is 11.3 Å². The van der Waals surface area contributed by atoms with Gasteiger partial charge in [-0.15, -0.1) is 11.3 Å². The van der Waals surface area contributed by atoms with Crippen molar-refractivity contribution in [3.05, 3.63) is 56.8 Å². The topological polar surface area (TPSA) is 43.4 Å².